The molecule has 0 saturated carbocycles. The molecular formula is C24H26N2O6S. The average Bonchev–Trinajstić information content (AvgIpc) is 3.44. The summed E-state index contributed by atoms with van der Waals surface area (Å²) >= 11 is 0. The Morgan fingerprint density at radius 2 is 1.82 bits per heavy atom. The van der Waals surface area contributed by atoms with E-state index in [2.05, 4.69) is 5.16 Å². The third-order valence-corrected chi connectivity index (χ3v) is 7.53. The van der Waals surface area contributed by atoms with E-state index in [0.717, 1.165) is 16.7 Å². The SMILES string of the molecule is COc1ccc(CN(C(=O)c2cc(-c3ccc(C)cc3)on2)C2CCS(=O)(=O)C2)cc1OC. The van der Waals surface area contributed by atoms with Crippen LogP contribution in [-0.2, 0) is 16.4 Å². The van der Waals surface area contributed by atoms with Crippen molar-refractivity contribution in [3.8, 4) is 22.8 Å². The zero-order valence-electron chi connectivity index (χ0n) is 18.8. The molecule has 1 aliphatic heterocycles. The summed E-state index contributed by atoms with van der Waals surface area (Å²) in [6.45, 7) is 2.19. The number of rotatable bonds is 7. The first-order valence-electron chi connectivity index (χ1n) is 10.6. The number of methoxy groups -OCH3 is 2. The van der Waals surface area contributed by atoms with Crippen molar-refractivity contribution in [3.63, 3.8) is 0 Å². The van der Waals surface area contributed by atoms with E-state index in [4.69, 9.17) is 14.0 Å². The van der Waals surface area contributed by atoms with Crippen LogP contribution in [0.5, 0.6) is 11.5 Å². The van der Waals surface area contributed by atoms with Gasteiger partial charge in [-0.15, -0.1) is 0 Å². The van der Waals surface area contributed by atoms with Crippen molar-refractivity contribution >= 4 is 15.7 Å². The molecule has 0 N–H and O–H groups in total. The zero-order valence-corrected chi connectivity index (χ0v) is 19.6. The van der Waals surface area contributed by atoms with Crippen LogP contribution in [0.4, 0.5) is 0 Å². The Morgan fingerprint density at radius 1 is 1.09 bits per heavy atom. The van der Waals surface area contributed by atoms with Gasteiger partial charge in [-0.05, 0) is 31.0 Å². The van der Waals surface area contributed by atoms with Crippen LogP contribution < -0.4 is 9.47 Å². The van der Waals surface area contributed by atoms with Gasteiger partial charge in [-0.2, -0.15) is 0 Å². The lowest BCUT2D eigenvalue weighted by molar-refractivity contribution is 0.0670. The van der Waals surface area contributed by atoms with E-state index in [9.17, 15) is 13.2 Å². The topological polar surface area (TPSA) is 98.9 Å². The molecule has 3 aromatic rings. The number of nitrogens with zero attached hydrogens (tertiary/aromatic N) is 2. The standard InChI is InChI=1S/C24H26N2O6S/c1-16-4-7-18(8-5-16)22-13-20(25-32-22)24(27)26(19-10-11-33(28,29)15-19)14-17-6-9-21(30-2)23(12-17)31-3/h4-9,12-13,19H,10-11,14-15H2,1-3H3. The molecule has 9 heteroatoms. The summed E-state index contributed by atoms with van der Waals surface area (Å²) in [5.74, 6) is 1.18. The molecule has 1 atom stereocenters. The highest BCUT2D eigenvalue weighted by molar-refractivity contribution is 7.91. The normalized spacial score (nSPS) is 17.0. The number of hydrogen-bond donors (Lipinski definition) is 0. The quantitative estimate of drug-likeness (QED) is 0.521. The smallest absolute Gasteiger partial charge is 0.276 e. The minimum absolute atomic E-state index is 0.0564. The molecule has 4 rings (SSSR count). The summed E-state index contributed by atoms with van der Waals surface area (Å²) in [7, 11) is -0.110. The van der Waals surface area contributed by atoms with E-state index < -0.39 is 15.9 Å². The fourth-order valence-corrected chi connectivity index (χ4v) is 5.67. The molecule has 2 aromatic carbocycles. The van der Waals surface area contributed by atoms with Gasteiger partial charge in [-0.3, -0.25) is 4.79 Å². The van der Waals surface area contributed by atoms with Gasteiger partial charge < -0.3 is 18.9 Å². The maximum Gasteiger partial charge on any atom is 0.276 e. The summed E-state index contributed by atoms with van der Waals surface area (Å²) in [6.07, 6.45) is 0.379. The summed E-state index contributed by atoms with van der Waals surface area (Å²) in [4.78, 5) is 15.0. The Hall–Kier alpha value is -3.33. The second-order valence-corrected chi connectivity index (χ2v) is 10.4. The number of carbonyl (C=O) groups is 1. The Balaban J connectivity index is 1.64. The van der Waals surface area contributed by atoms with E-state index in [-0.39, 0.29) is 29.7 Å². The molecule has 1 aromatic heterocycles. The fraction of sp³-hybridized carbons (Fsp3) is 0.333. The van der Waals surface area contributed by atoms with Crippen LogP contribution >= 0.6 is 0 Å². The predicted molar refractivity (Wildman–Crippen MR) is 123 cm³/mol. The lowest BCUT2D eigenvalue weighted by Crippen LogP contribution is -2.40. The average molecular weight is 471 g/mol. The maximum atomic E-state index is 13.5. The van der Waals surface area contributed by atoms with E-state index in [1.807, 2.05) is 37.3 Å². The minimum Gasteiger partial charge on any atom is -0.493 e. The maximum absolute atomic E-state index is 13.5. The van der Waals surface area contributed by atoms with Gasteiger partial charge in [0.2, 0.25) is 0 Å². The molecule has 1 saturated heterocycles. The molecule has 0 radical (unpaired) electrons. The van der Waals surface area contributed by atoms with Crippen LogP contribution in [0.3, 0.4) is 0 Å². The Morgan fingerprint density at radius 3 is 2.45 bits per heavy atom. The highest BCUT2D eigenvalue weighted by atomic mass is 32.2. The number of benzene rings is 2. The van der Waals surface area contributed by atoms with Gasteiger partial charge in [0.05, 0.1) is 25.7 Å². The van der Waals surface area contributed by atoms with Crippen molar-refractivity contribution in [2.24, 2.45) is 0 Å². The first kappa shape index (κ1) is 22.8. The van der Waals surface area contributed by atoms with Crippen molar-refractivity contribution in [1.29, 1.82) is 0 Å². The second-order valence-electron chi connectivity index (χ2n) is 8.12. The first-order valence-corrected chi connectivity index (χ1v) is 12.4. The van der Waals surface area contributed by atoms with Crippen LogP contribution in [0, 0.1) is 6.92 Å². The van der Waals surface area contributed by atoms with Crippen molar-refractivity contribution in [2.45, 2.75) is 25.9 Å². The van der Waals surface area contributed by atoms with E-state index >= 15 is 0 Å². The molecule has 0 aliphatic carbocycles. The molecular weight excluding hydrogens is 444 g/mol. The minimum atomic E-state index is -3.20. The molecule has 33 heavy (non-hydrogen) atoms. The monoisotopic (exact) mass is 470 g/mol. The zero-order chi connectivity index (χ0) is 23.6. The lowest BCUT2D eigenvalue weighted by atomic mass is 10.1. The van der Waals surface area contributed by atoms with Crippen LogP contribution in [0.25, 0.3) is 11.3 Å². The van der Waals surface area contributed by atoms with Crippen molar-refractivity contribution in [3.05, 3.63) is 65.4 Å². The van der Waals surface area contributed by atoms with Gasteiger partial charge in [-0.1, -0.05) is 41.1 Å². The van der Waals surface area contributed by atoms with Crippen molar-refractivity contribution in [2.75, 3.05) is 25.7 Å². The van der Waals surface area contributed by atoms with E-state index in [1.165, 1.54) is 7.11 Å². The van der Waals surface area contributed by atoms with Crippen molar-refractivity contribution in [1.82, 2.24) is 10.1 Å². The molecule has 0 bridgehead atoms. The molecule has 1 fully saturated rings. The summed E-state index contributed by atoms with van der Waals surface area (Å²) in [5.41, 5.74) is 2.84. The van der Waals surface area contributed by atoms with Gasteiger partial charge in [0.25, 0.3) is 5.91 Å². The summed E-state index contributed by atoms with van der Waals surface area (Å²) in [5, 5.41) is 3.99. The number of aromatic nitrogens is 1. The Bertz CT molecular complexity index is 1250. The van der Waals surface area contributed by atoms with Crippen LogP contribution in [0.2, 0.25) is 0 Å². The number of hydrogen-bond acceptors (Lipinski definition) is 7. The number of amides is 1. The van der Waals surface area contributed by atoms with Crippen molar-refractivity contribution < 1.29 is 27.2 Å². The Labute approximate surface area is 193 Å². The van der Waals surface area contributed by atoms with E-state index in [0.29, 0.717) is 23.7 Å². The number of sulfone groups is 1. The molecule has 2 heterocycles. The summed E-state index contributed by atoms with van der Waals surface area (Å²) in [6, 6.07) is 14.2. The third kappa shape index (κ3) is 5.03. The van der Waals surface area contributed by atoms with Gasteiger partial charge in [-0.25, -0.2) is 8.42 Å². The summed E-state index contributed by atoms with van der Waals surface area (Å²) < 4.78 is 40.4. The van der Waals surface area contributed by atoms with Crippen LogP contribution in [0.15, 0.2) is 53.1 Å². The fourth-order valence-electron chi connectivity index (χ4n) is 3.94. The van der Waals surface area contributed by atoms with Crippen LogP contribution in [-0.4, -0.2) is 56.1 Å². The molecule has 1 aliphatic rings. The number of ether oxygens (including phenoxy) is 2. The molecule has 8 nitrogen and oxygen atoms in total. The number of carbonyl (C=O) groups excluding carboxylic acids is 1. The lowest BCUT2D eigenvalue weighted by Gasteiger charge is -2.27. The highest BCUT2D eigenvalue weighted by Crippen LogP contribution is 2.30. The third-order valence-electron chi connectivity index (χ3n) is 5.78. The Kier molecular flexibility index (Phi) is 6.42. The highest BCUT2D eigenvalue weighted by Gasteiger charge is 2.36. The van der Waals surface area contributed by atoms with Gasteiger partial charge in [0, 0.05) is 24.2 Å². The van der Waals surface area contributed by atoms with Gasteiger partial charge in [0.1, 0.15) is 0 Å². The molecule has 1 unspecified atom stereocenters. The van der Waals surface area contributed by atoms with Crippen LogP contribution in [0.1, 0.15) is 28.0 Å². The largest absolute Gasteiger partial charge is 0.493 e. The molecule has 174 valence electrons. The van der Waals surface area contributed by atoms with E-state index in [1.54, 1.807) is 30.2 Å². The molecule has 0 spiro atoms. The predicted octanol–water partition coefficient (Wildman–Crippen LogP) is 3.50. The second kappa shape index (κ2) is 9.27. The van der Waals surface area contributed by atoms with Gasteiger partial charge >= 0.3 is 0 Å². The molecule has 1 amide bonds. The van der Waals surface area contributed by atoms with Gasteiger partial charge in [0.15, 0.2) is 32.8 Å². The number of aryl methyl sites for hydroxylation is 1. The first-order chi connectivity index (χ1) is 15.8.